The minimum absolute atomic E-state index is 0.0451. The zero-order valence-corrected chi connectivity index (χ0v) is 16.3. The lowest BCUT2D eigenvalue weighted by Crippen LogP contribution is -2.50. The molecule has 1 N–H and O–H groups in total. The van der Waals surface area contributed by atoms with Gasteiger partial charge in [0, 0.05) is 42.9 Å². The largest absolute Gasteiger partial charge is 0.352 e. The Morgan fingerprint density at radius 3 is 2.72 bits per heavy atom. The number of hydrogen-bond donors (Lipinski definition) is 1. The van der Waals surface area contributed by atoms with E-state index in [1.807, 2.05) is 24.0 Å². The first-order valence-electron chi connectivity index (χ1n) is 9.64. The van der Waals surface area contributed by atoms with Gasteiger partial charge in [-0.3, -0.25) is 19.3 Å². The summed E-state index contributed by atoms with van der Waals surface area (Å²) in [5, 5.41) is 7.02. The number of aryl methyl sites for hydroxylation is 1. The minimum Gasteiger partial charge on any atom is -0.352 e. The fourth-order valence-electron chi connectivity index (χ4n) is 3.68. The molecule has 0 fully saturated rings. The molecule has 3 aromatic rings. The van der Waals surface area contributed by atoms with Crippen LogP contribution in [0.3, 0.4) is 0 Å². The molecule has 3 heterocycles. The summed E-state index contributed by atoms with van der Waals surface area (Å²) in [5.74, 6) is -0.170. The molecule has 4 rings (SSSR count). The maximum Gasteiger partial charge on any atom is 0.254 e. The van der Waals surface area contributed by atoms with Crippen molar-refractivity contribution in [3.05, 3.63) is 83.4 Å². The van der Waals surface area contributed by atoms with Gasteiger partial charge in [-0.15, -0.1) is 0 Å². The highest BCUT2D eigenvalue weighted by Gasteiger charge is 2.30. The predicted octanol–water partition coefficient (Wildman–Crippen LogP) is 1.97. The number of aromatic nitrogens is 3. The second kappa shape index (κ2) is 8.26. The van der Waals surface area contributed by atoms with Crippen LogP contribution in [0.25, 0.3) is 0 Å². The van der Waals surface area contributed by atoms with Gasteiger partial charge in [0.25, 0.3) is 5.91 Å². The average Bonchev–Trinajstić information content (AvgIpc) is 3.24. The molecule has 0 bridgehead atoms. The highest BCUT2D eigenvalue weighted by Crippen LogP contribution is 2.25. The van der Waals surface area contributed by atoms with Crippen molar-refractivity contribution < 1.29 is 9.59 Å². The number of rotatable bonds is 5. The number of hydrogen-bond acceptors (Lipinski definition) is 4. The fraction of sp³-hybridized carbons (Fsp3) is 0.273. The van der Waals surface area contributed by atoms with E-state index in [4.69, 9.17) is 0 Å². The lowest BCUT2D eigenvalue weighted by Gasteiger charge is -2.37. The van der Waals surface area contributed by atoms with E-state index in [0.717, 1.165) is 11.3 Å². The molecular weight excluding hydrogens is 366 g/mol. The number of carbonyl (C=O) groups is 2. The summed E-state index contributed by atoms with van der Waals surface area (Å²) in [6, 6.07) is 13.3. The molecule has 1 aromatic carbocycles. The van der Waals surface area contributed by atoms with Crippen LogP contribution in [0.5, 0.6) is 0 Å². The maximum absolute atomic E-state index is 13.2. The smallest absolute Gasteiger partial charge is 0.254 e. The van der Waals surface area contributed by atoms with Crippen molar-refractivity contribution in [2.45, 2.75) is 32.5 Å². The van der Waals surface area contributed by atoms with Crippen molar-refractivity contribution in [1.82, 2.24) is 25.0 Å². The van der Waals surface area contributed by atoms with Gasteiger partial charge in [0.05, 0.1) is 6.04 Å². The third-order valence-corrected chi connectivity index (χ3v) is 5.16. The van der Waals surface area contributed by atoms with Crippen LogP contribution in [0.1, 0.15) is 27.2 Å². The quantitative estimate of drug-likeness (QED) is 0.724. The summed E-state index contributed by atoms with van der Waals surface area (Å²) >= 11 is 0. The molecule has 0 saturated heterocycles. The normalized spacial score (nSPS) is 15.6. The van der Waals surface area contributed by atoms with Crippen molar-refractivity contribution in [1.29, 1.82) is 0 Å². The molecule has 0 aliphatic carbocycles. The Morgan fingerprint density at radius 1 is 1.14 bits per heavy atom. The molecule has 1 aliphatic rings. The summed E-state index contributed by atoms with van der Waals surface area (Å²) in [6.45, 7) is 2.95. The Morgan fingerprint density at radius 2 is 1.97 bits per heavy atom. The number of nitrogens with zero attached hydrogens (tertiary/aromatic N) is 4. The van der Waals surface area contributed by atoms with Crippen molar-refractivity contribution in [3.8, 4) is 0 Å². The van der Waals surface area contributed by atoms with Crippen molar-refractivity contribution in [2.24, 2.45) is 0 Å². The number of benzene rings is 1. The lowest BCUT2D eigenvalue weighted by molar-refractivity contribution is -0.122. The van der Waals surface area contributed by atoms with Crippen LogP contribution in [-0.4, -0.2) is 44.1 Å². The summed E-state index contributed by atoms with van der Waals surface area (Å²) in [6.07, 6.45) is 5.75. The molecule has 2 aromatic heterocycles. The highest BCUT2D eigenvalue weighted by atomic mass is 16.2. The summed E-state index contributed by atoms with van der Waals surface area (Å²) in [4.78, 5) is 31.6. The van der Waals surface area contributed by atoms with Crippen LogP contribution in [0.4, 0.5) is 0 Å². The molecule has 7 heteroatoms. The van der Waals surface area contributed by atoms with Gasteiger partial charge in [-0.05, 0) is 42.7 Å². The van der Waals surface area contributed by atoms with E-state index >= 15 is 0 Å². The molecule has 2 amide bonds. The molecular formula is C22H23N5O2. The maximum atomic E-state index is 13.2. The van der Waals surface area contributed by atoms with Gasteiger partial charge in [0.1, 0.15) is 6.54 Å². The Labute approximate surface area is 169 Å². The first-order chi connectivity index (χ1) is 14.1. The topological polar surface area (TPSA) is 80.1 Å². The van der Waals surface area contributed by atoms with E-state index in [1.165, 1.54) is 5.56 Å². The second-order valence-corrected chi connectivity index (χ2v) is 7.25. The van der Waals surface area contributed by atoms with Crippen molar-refractivity contribution in [3.63, 3.8) is 0 Å². The molecule has 29 heavy (non-hydrogen) atoms. The monoisotopic (exact) mass is 389 g/mol. The predicted molar refractivity (Wildman–Crippen MR) is 108 cm³/mol. The van der Waals surface area contributed by atoms with Crippen LogP contribution in [0, 0.1) is 6.92 Å². The average molecular weight is 389 g/mol. The van der Waals surface area contributed by atoms with Gasteiger partial charge in [0.2, 0.25) is 5.91 Å². The Hall–Kier alpha value is -3.48. The number of carbonyl (C=O) groups excluding carboxylic acids is 2. The molecule has 1 atom stereocenters. The molecule has 148 valence electrons. The van der Waals surface area contributed by atoms with E-state index < -0.39 is 0 Å². The van der Waals surface area contributed by atoms with E-state index in [0.29, 0.717) is 25.1 Å². The SMILES string of the molecule is Cc1cc(C(=O)N2Cc3ccccc3CC2CNC(=O)Cn2cccn2)ccn1. The molecule has 7 nitrogen and oxygen atoms in total. The molecule has 0 radical (unpaired) electrons. The van der Waals surface area contributed by atoms with Crippen LogP contribution in [0.2, 0.25) is 0 Å². The van der Waals surface area contributed by atoms with Gasteiger partial charge in [-0.25, -0.2) is 0 Å². The van der Waals surface area contributed by atoms with Gasteiger partial charge in [-0.2, -0.15) is 5.10 Å². The Balaban J connectivity index is 1.52. The third-order valence-electron chi connectivity index (χ3n) is 5.16. The van der Waals surface area contributed by atoms with Crippen LogP contribution in [-0.2, 0) is 24.3 Å². The summed E-state index contributed by atoms with van der Waals surface area (Å²) in [7, 11) is 0. The van der Waals surface area contributed by atoms with Gasteiger partial charge in [-0.1, -0.05) is 24.3 Å². The first-order valence-corrected chi connectivity index (χ1v) is 9.64. The molecule has 0 saturated carbocycles. The summed E-state index contributed by atoms with van der Waals surface area (Å²) < 4.78 is 1.58. The third kappa shape index (κ3) is 4.34. The van der Waals surface area contributed by atoms with Gasteiger partial charge >= 0.3 is 0 Å². The molecule has 1 unspecified atom stereocenters. The van der Waals surface area contributed by atoms with E-state index in [1.54, 1.807) is 41.5 Å². The van der Waals surface area contributed by atoms with E-state index in [9.17, 15) is 9.59 Å². The highest BCUT2D eigenvalue weighted by molar-refractivity contribution is 5.94. The molecule has 1 aliphatic heterocycles. The Bertz CT molecular complexity index is 1020. The Kier molecular flexibility index (Phi) is 5.37. The lowest BCUT2D eigenvalue weighted by atomic mass is 9.93. The fourth-order valence-corrected chi connectivity index (χ4v) is 3.68. The van der Waals surface area contributed by atoms with Gasteiger partial charge < -0.3 is 10.2 Å². The standard InChI is InChI=1S/C22H23N5O2/c1-16-11-18(7-9-23-16)22(29)27-14-19-6-3-2-5-17(19)12-20(27)13-24-21(28)15-26-10-4-8-25-26/h2-11,20H,12-15H2,1H3,(H,24,28). The number of pyridine rings is 1. The first kappa shape index (κ1) is 18.9. The van der Waals surface area contributed by atoms with E-state index in [-0.39, 0.29) is 24.4 Å². The number of fused-ring (bicyclic) bond motifs is 1. The second-order valence-electron chi connectivity index (χ2n) is 7.25. The van der Waals surface area contributed by atoms with Crippen molar-refractivity contribution in [2.75, 3.05) is 6.54 Å². The number of nitrogens with one attached hydrogen (secondary N) is 1. The zero-order valence-electron chi connectivity index (χ0n) is 16.3. The zero-order chi connectivity index (χ0) is 20.2. The van der Waals surface area contributed by atoms with Gasteiger partial charge in [0.15, 0.2) is 0 Å². The summed E-state index contributed by atoms with van der Waals surface area (Å²) in [5.41, 5.74) is 3.78. The molecule has 0 spiro atoms. The van der Waals surface area contributed by atoms with Crippen LogP contribution < -0.4 is 5.32 Å². The minimum atomic E-state index is -0.125. The van der Waals surface area contributed by atoms with E-state index in [2.05, 4.69) is 27.5 Å². The van der Waals surface area contributed by atoms with Crippen molar-refractivity contribution >= 4 is 11.8 Å². The van der Waals surface area contributed by atoms with Crippen LogP contribution in [0.15, 0.2) is 61.1 Å². The van der Waals surface area contributed by atoms with Crippen LogP contribution >= 0.6 is 0 Å². The number of amides is 2.